The van der Waals surface area contributed by atoms with Gasteiger partial charge in [0.2, 0.25) is 5.91 Å². The molecule has 0 aliphatic rings. The first-order valence-corrected chi connectivity index (χ1v) is 24.4. The monoisotopic (exact) mass is 807 g/mol. The van der Waals surface area contributed by atoms with Crippen LogP contribution in [0.4, 0.5) is 0 Å². The lowest BCUT2D eigenvalue weighted by atomic mass is 10.1. The van der Waals surface area contributed by atoms with E-state index in [1.807, 2.05) is 6.08 Å². The lowest BCUT2D eigenvalue weighted by Crippen LogP contribution is -2.45. The van der Waals surface area contributed by atoms with Crippen LogP contribution in [0.2, 0.25) is 0 Å². The Bertz CT molecular complexity index is 1060. The third kappa shape index (κ3) is 40.4. The highest BCUT2D eigenvalue weighted by Gasteiger charge is 2.26. The molecule has 0 bridgehead atoms. The van der Waals surface area contributed by atoms with Gasteiger partial charge in [-0.15, -0.1) is 0 Å². The summed E-state index contributed by atoms with van der Waals surface area (Å²) in [6, 6.07) is -0.888. The van der Waals surface area contributed by atoms with Gasteiger partial charge in [-0.3, -0.25) is 13.8 Å². The van der Waals surface area contributed by atoms with Crippen LogP contribution in [0, 0.1) is 0 Å². The van der Waals surface area contributed by atoms with Gasteiger partial charge in [0.05, 0.1) is 25.4 Å². The van der Waals surface area contributed by atoms with E-state index in [1.165, 1.54) is 128 Å². The van der Waals surface area contributed by atoms with Gasteiger partial charge in [-0.2, -0.15) is 0 Å². The van der Waals surface area contributed by atoms with Gasteiger partial charge in [0.15, 0.2) is 0 Å². The fourth-order valence-electron chi connectivity index (χ4n) is 6.31. The number of phosphoric acid groups is 1. The van der Waals surface area contributed by atoms with Crippen molar-refractivity contribution in [3.05, 3.63) is 60.8 Å². The Morgan fingerprint density at radius 1 is 0.589 bits per heavy atom. The summed E-state index contributed by atoms with van der Waals surface area (Å²) in [7, 11) is -4.36. The second-order valence-electron chi connectivity index (χ2n) is 15.2. The Morgan fingerprint density at radius 2 is 1.00 bits per heavy atom. The molecule has 0 radical (unpaired) electrons. The zero-order valence-corrected chi connectivity index (χ0v) is 37.0. The number of allylic oxidation sites excluding steroid dienone is 9. The quantitative estimate of drug-likeness (QED) is 0.0274. The highest BCUT2D eigenvalue weighted by Crippen LogP contribution is 2.43. The fourth-order valence-corrected chi connectivity index (χ4v) is 7.07. The van der Waals surface area contributed by atoms with Gasteiger partial charge in [-0.05, 0) is 77.0 Å². The highest BCUT2D eigenvalue weighted by atomic mass is 31.2. The topological polar surface area (TPSA) is 131 Å². The third-order valence-corrected chi connectivity index (χ3v) is 10.8. The molecule has 326 valence electrons. The molecule has 0 heterocycles. The van der Waals surface area contributed by atoms with E-state index in [4.69, 9.17) is 14.8 Å². The number of carbonyl (C=O) groups is 1. The first-order valence-electron chi connectivity index (χ1n) is 22.9. The Labute approximate surface area is 344 Å². The average molecular weight is 807 g/mol. The Balaban J connectivity index is 4.27. The molecule has 0 aliphatic carbocycles. The minimum atomic E-state index is -4.36. The summed E-state index contributed by atoms with van der Waals surface area (Å²) in [6.45, 7) is 4.07. The number of hydrogen-bond donors (Lipinski definition) is 4. The van der Waals surface area contributed by atoms with Crippen molar-refractivity contribution in [3.63, 3.8) is 0 Å². The molecule has 3 atom stereocenters. The van der Waals surface area contributed by atoms with E-state index in [0.717, 1.165) is 51.4 Å². The lowest BCUT2D eigenvalue weighted by Gasteiger charge is -2.23. The molecule has 0 rings (SSSR count). The summed E-state index contributed by atoms with van der Waals surface area (Å²) in [5, 5.41) is 13.7. The van der Waals surface area contributed by atoms with Crippen molar-refractivity contribution < 1.29 is 28.4 Å². The molecule has 0 fully saturated rings. The van der Waals surface area contributed by atoms with E-state index in [0.29, 0.717) is 6.42 Å². The van der Waals surface area contributed by atoms with Crippen molar-refractivity contribution >= 4 is 13.7 Å². The number of unbranched alkanes of at least 4 members (excludes halogenated alkanes) is 22. The molecule has 0 aromatic heterocycles. The number of aliphatic hydroxyl groups is 1. The SMILES string of the molecule is CCCCC/C=C\C/C=C\CCCCCCCCCCCC(=O)NC(COP(=O)(O)OCCN)C(O)/C=C/CC/C=C/CC/C=C/CCCCCCCCCC. The molecule has 9 heteroatoms. The molecule has 8 nitrogen and oxygen atoms in total. The van der Waals surface area contributed by atoms with Crippen molar-refractivity contribution in [2.45, 2.75) is 212 Å². The lowest BCUT2D eigenvalue weighted by molar-refractivity contribution is -0.123. The number of phosphoric ester groups is 1. The summed E-state index contributed by atoms with van der Waals surface area (Å²) in [4.78, 5) is 22.7. The maximum absolute atomic E-state index is 12.8. The summed E-state index contributed by atoms with van der Waals surface area (Å²) in [5.74, 6) is -0.214. The van der Waals surface area contributed by atoms with Gasteiger partial charge in [-0.25, -0.2) is 4.57 Å². The van der Waals surface area contributed by atoms with Gasteiger partial charge in [-0.1, -0.05) is 177 Å². The van der Waals surface area contributed by atoms with Crippen LogP contribution in [0.5, 0.6) is 0 Å². The van der Waals surface area contributed by atoms with Gasteiger partial charge >= 0.3 is 7.82 Å². The van der Waals surface area contributed by atoms with Crippen LogP contribution >= 0.6 is 7.82 Å². The molecule has 0 spiro atoms. The second kappa shape index (κ2) is 42.8. The van der Waals surface area contributed by atoms with Crippen LogP contribution in [0.25, 0.3) is 0 Å². The number of amides is 1. The van der Waals surface area contributed by atoms with Gasteiger partial charge in [0.1, 0.15) is 0 Å². The van der Waals surface area contributed by atoms with Crippen molar-refractivity contribution in [1.82, 2.24) is 5.32 Å². The molecule has 0 aromatic carbocycles. The van der Waals surface area contributed by atoms with E-state index in [2.05, 4.69) is 67.8 Å². The third-order valence-electron chi connectivity index (χ3n) is 9.79. The van der Waals surface area contributed by atoms with Crippen molar-refractivity contribution in [1.29, 1.82) is 0 Å². The number of aliphatic hydroxyl groups excluding tert-OH is 1. The van der Waals surface area contributed by atoms with Crippen LogP contribution < -0.4 is 11.1 Å². The summed E-state index contributed by atoms with van der Waals surface area (Å²) < 4.78 is 22.1. The zero-order valence-electron chi connectivity index (χ0n) is 36.1. The molecule has 5 N–H and O–H groups in total. The predicted octanol–water partition coefficient (Wildman–Crippen LogP) is 13.1. The molecule has 0 aliphatic heterocycles. The fraction of sp³-hybridized carbons (Fsp3) is 0.766. The number of carbonyl (C=O) groups excluding carboxylic acids is 1. The summed E-state index contributed by atoms with van der Waals surface area (Å²) in [6.07, 6.45) is 54.1. The normalized spacial score (nSPS) is 14.6. The molecule has 0 saturated heterocycles. The van der Waals surface area contributed by atoms with Crippen molar-refractivity contribution in [2.24, 2.45) is 5.73 Å². The highest BCUT2D eigenvalue weighted by molar-refractivity contribution is 7.47. The first kappa shape index (κ1) is 54.2. The van der Waals surface area contributed by atoms with Crippen molar-refractivity contribution in [3.8, 4) is 0 Å². The Kier molecular flexibility index (Phi) is 41.4. The largest absolute Gasteiger partial charge is 0.472 e. The van der Waals surface area contributed by atoms with Crippen LogP contribution in [-0.2, 0) is 18.4 Å². The Morgan fingerprint density at radius 3 is 1.52 bits per heavy atom. The number of rotatable bonds is 42. The molecule has 0 aromatic rings. The van der Waals surface area contributed by atoms with E-state index >= 15 is 0 Å². The maximum Gasteiger partial charge on any atom is 0.472 e. The minimum Gasteiger partial charge on any atom is -0.387 e. The van der Waals surface area contributed by atoms with Crippen LogP contribution in [0.3, 0.4) is 0 Å². The second-order valence-corrected chi connectivity index (χ2v) is 16.7. The van der Waals surface area contributed by atoms with Gasteiger partial charge in [0, 0.05) is 13.0 Å². The average Bonchev–Trinajstić information content (AvgIpc) is 3.19. The molecule has 3 unspecified atom stereocenters. The van der Waals surface area contributed by atoms with Crippen LogP contribution in [0.15, 0.2) is 60.8 Å². The van der Waals surface area contributed by atoms with Crippen molar-refractivity contribution in [2.75, 3.05) is 19.8 Å². The van der Waals surface area contributed by atoms with Crippen LogP contribution in [-0.4, -0.2) is 47.8 Å². The molecular weight excluding hydrogens is 719 g/mol. The van der Waals surface area contributed by atoms with E-state index in [9.17, 15) is 19.4 Å². The van der Waals surface area contributed by atoms with E-state index in [1.54, 1.807) is 6.08 Å². The maximum atomic E-state index is 12.8. The number of hydrogen-bond acceptors (Lipinski definition) is 6. The van der Waals surface area contributed by atoms with Gasteiger partial charge < -0.3 is 21.1 Å². The number of nitrogens with one attached hydrogen (secondary N) is 1. The standard InChI is InChI=1S/C47H87N2O6P/c1-3-5-7-9-11-13-15-17-19-21-23-25-27-29-31-33-35-37-39-41-47(51)49-45(44-55-56(52,53)54-43-42-48)46(50)40-38-36-34-32-30-28-26-24-22-20-18-16-14-12-10-8-6-4-2/h11,13,17,19,22,24,30,32,38,40,45-46,50H,3-10,12,14-16,18,20-21,23,25-29,31,33-37,39,41-44,48H2,1-2H3,(H,49,51)(H,52,53)/b13-11-,19-17-,24-22+,32-30+,40-38+. The first-order chi connectivity index (χ1) is 27.4. The summed E-state index contributed by atoms with van der Waals surface area (Å²) in [5.41, 5.74) is 5.37. The molecule has 0 saturated carbocycles. The minimum absolute atomic E-state index is 0.0690. The number of nitrogens with two attached hydrogens (primary N) is 1. The Hall–Kier alpha value is -1.80. The zero-order chi connectivity index (χ0) is 41.1. The smallest absolute Gasteiger partial charge is 0.387 e. The van der Waals surface area contributed by atoms with Gasteiger partial charge in [0.25, 0.3) is 0 Å². The molecule has 56 heavy (non-hydrogen) atoms. The van der Waals surface area contributed by atoms with E-state index < -0.39 is 20.0 Å². The molecule has 1 amide bonds. The van der Waals surface area contributed by atoms with E-state index in [-0.39, 0.29) is 25.7 Å². The summed E-state index contributed by atoms with van der Waals surface area (Å²) >= 11 is 0. The predicted molar refractivity (Wildman–Crippen MR) is 240 cm³/mol. The molecular formula is C47H87N2O6P. The van der Waals surface area contributed by atoms with Crippen LogP contribution in [0.1, 0.15) is 200 Å².